The molecular weight excluding hydrogens is 340 g/mol. The van der Waals surface area contributed by atoms with Gasteiger partial charge in [0.1, 0.15) is 17.9 Å². The summed E-state index contributed by atoms with van der Waals surface area (Å²) in [5.41, 5.74) is 1.29. The van der Waals surface area contributed by atoms with Crippen molar-refractivity contribution in [3.05, 3.63) is 28.3 Å². The van der Waals surface area contributed by atoms with E-state index in [0.29, 0.717) is 29.3 Å². The Morgan fingerprint density at radius 1 is 1.24 bits per heavy atom. The Balaban J connectivity index is 1.50. The molecule has 1 heterocycles. The lowest BCUT2D eigenvalue weighted by Crippen LogP contribution is -2.40. The molecule has 0 aromatic heterocycles. The van der Waals surface area contributed by atoms with Gasteiger partial charge in [0, 0.05) is 25.2 Å². The lowest BCUT2D eigenvalue weighted by atomic mass is 10.0. The zero-order valence-corrected chi connectivity index (χ0v) is 15.2. The molecule has 1 aliphatic heterocycles. The van der Waals surface area contributed by atoms with E-state index < -0.39 is 12.2 Å². The lowest BCUT2D eigenvalue weighted by Gasteiger charge is -2.34. The Labute approximate surface area is 153 Å². The van der Waals surface area contributed by atoms with Crippen molar-refractivity contribution < 1.29 is 14.9 Å². The number of aliphatic hydroxyl groups is 2. The van der Waals surface area contributed by atoms with E-state index in [1.54, 1.807) is 6.07 Å². The van der Waals surface area contributed by atoms with Gasteiger partial charge in [-0.15, -0.1) is 0 Å². The third-order valence-corrected chi connectivity index (χ3v) is 5.88. The number of aliphatic hydroxyl groups excluding tert-OH is 2. The second-order valence-corrected chi connectivity index (χ2v) is 7.63. The Morgan fingerprint density at radius 2 is 1.88 bits per heavy atom. The minimum atomic E-state index is -0.560. The van der Waals surface area contributed by atoms with Crippen LogP contribution in [-0.2, 0) is 0 Å². The first-order chi connectivity index (χ1) is 12.0. The van der Waals surface area contributed by atoms with Crippen LogP contribution in [0.2, 0.25) is 5.02 Å². The Bertz CT molecular complexity index is 643. The van der Waals surface area contributed by atoms with Crippen LogP contribution in [0.3, 0.4) is 0 Å². The van der Waals surface area contributed by atoms with Crippen LogP contribution in [0.1, 0.15) is 36.8 Å². The number of nitriles is 1. The average molecular weight is 365 g/mol. The summed E-state index contributed by atoms with van der Waals surface area (Å²) in [6, 6.07) is 5.62. The van der Waals surface area contributed by atoms with Gasteiger partial charge in [0.2, 0.25) is 0 Å². The minimum absolute atomic E-state index is 0.152. The van der Waals surface area contributed by atoms with Crippen molar-refractivity contribution in [2.45, 2.75) is 50.9 Å². The molecule has 0 bridgehead atoms. The van der Waals surface area contributed by atoms with Gasteiger partial charge in [-0.2, -0.15) is 5.26 Å². The normalized spacial score (nSPS) is 28.0. The predicted molar refractivity (Wildman–Crippen MR) is 95.7 cm³/mol. The first-order valence-electron chi connectivity index (χ1n) is 8.92. The minimum Gasteiger partial charge on any atom is -0.490 e. The van der Waals surface area contributed by atoms with E-state index in [0.717, 1.165) is 43.8 Å². The molecular formula is C19H25ClN2O3. The topological polar surface area (TPSA) is 76.7 Å². The van der Waals surface area contributed by atoms with Gasteiger partial charge in [0.25, 0.3) is 0 Å². The zero-order valence-electron chi connectivity index (χ0n) is 14.5. The number of piperidine rings is 1. The van der Waals surface area contributed by atoms with Crippen LogP contribution < -0.4 is 4.74 Å². The molecule has 1 saturated heterocycles. The third-order valence-electron chi connectivity index (χ3n) is 5.40. The van der Waals surface area contributed by atoms with Gasteiger partial charge >= 0.3 is 0 Å². The fourth-order valence-electron chi connectivity index (χ4n) is 3.88. The summed E-state index contributed by atoms with van der Waals surface area (Å²) in [6.45, 7) is 4.72. The summed E-state index contributed by atoms with van der Waals surface area (Å²) in [6.07, 6.45) is 2.30. The predicted octanol–water partition coefficient (Wildman–Crippen LogP) is 2.50. The van der Waals surface area contributed by atoms with E-state index in [-0.39, 0.29) is 6.10 Å². The molecule has 2 aliphatic rings. The number of benzene rings is 1. The van der Waals surface area contributed by atoms with Gasteiger partial charge < -0.3 is 19.8 Å². The second kappa shape index (κ2) is 7.92. The highest BCUT2D eigenvalue weighted by atomic mass is 35.5. The van der Waals surface area contributed by atoms with E-state index in [4.69, 9.17) is 21.6 Å². The molecule has 1 aromatic rings. The average Bonchev–Trinajstić information content (AvgIpc) is 2.91. The van der Waals surface area contributed by atoms with Gasteiger partial charge in [-0.25, -0.2) is 0 Å². The maximum atomic E-state index is 9.67. The standard InChI is InChI=1S/C19H25ClN2O3/c1-12-18(3-2-14(10-21)19(12)20)25-15-4-6-22(7-5-15)11-13-8-16(23)17(24)9-13/h2-3,13,15-17,23-24H,4-9,11H2,1H3. The first-order valence-corrected chi connectivity index (χ1v) is 9.30. The van der Waals surface area contributed by atoms with Crippen LogP contribution in [0, 0.1) is 24.2 Å². The monoisotopic (exact) mass is 364 g/mol. The molecule has 25 heavy (non-hydrogen) atoms. The summed E-state index contributed by atoms with van der Waals surface area (Å²) < 4.78 is 6.12. The summed E-state index contributed by atoms with van der Waals surface area (Å²) in [4.78, 5) is 2.40. The Hall–Kier alpha value is -1.32. The lowest BCUT2D eigenvalue weighted by molar-refractivity contribution is 0.0438. The number of rotatable bonds is 4. The first kappa shape index (κ1) is 18.5. The summed E-state index contributed by atoms with van der Waals surface area (Å²) in [7, 11) is 0. The van der Waals surface area contributed by atoms with Gasteiger partial charge in [-0.05, 0) is 50.7 Å². The summed E-state index contributed by atoms with van der Waals surface area (Å²) in [5.74, 6) is 1.13. The SMILES string of the molecule is Cc1c(OC2CCN(CC3CC(O)C(O)C3)CC2)ccc(C#N)c1Cl. The molecule has 1 aliphatic carbocycles. The molecule has 0 radical (unpaired) electrons. The highest BCUT2D eigenvalue weighted by molar-refractivity contribution is 6.32. The van der Waals surface area contributed by atoms with Crippen LogP contribution in [0.15, 0.2) is 12.1 Å². The molecule has 1 aromatic carbocycles. The number of likely N-dealkylation sites (tertiary alicyclic amines) is 1. The van der Waals surface area contributed by atoms with Gasteiger partial charge in [0.05, 0.1) is 22.8 Å². The molecule has 136 valence electrons. The van der Waals surface area contributed by atoms with Gasteiger partial charge in [-0.1, -0.05) is 11.6 Å². The second-order valence-electron chi connectivity index (χ2n) is 7.25. The zero-order chi connectivity index (χ0) is 18.0. The maximum Gasteiger partial charge on any atom is 0.124 e. The smallest absolute Gasteiger partial charge is 0.124 e. The molecule has 0 spiro atoms. The van der Waals surface area contributed by atoms with E-state index in [9.17, 15) is 10.2 Å². The van der Waals surface area contributed by atoms with Crippen LogP contribution in [0.4, 0.5) is 0 Å². The quantitative estimate of drug-likeness (QED) is 0.858. The highest BCUT2D eigenvalue weighted by Crippen LogP contribution is 2.31. The number of nitrogens with zero attached hydrogens (tertiary/aromatic N) is 2. The van der Waals surface area contributed by atoms with Crippen molar-refractivity contribution in [2.75, 3.05) is 19.6 Å². The van der Waals surface area contributed by atoms with Crippen molar-refractivity contribution in [1.29, 1.82) is 5.26 Å². The van der Waals surface area contributed by atoms with Crippen LogP contribution in [0.25, 0.3) is 0 Å². The third kappa shape index (κ3) is 4.27. The van der Waals surface area contributed by atoms with Gasteiger partial charge in [-0.3, -0.25) is 0 Å². The van der Waals surface area contributed by atoms with Crippen LogP contribution >= 0.6 is 11.6 Å². The Morgan fingerprint density at radius 3 is 2.48 bits per heavy atom. The van der Waals surface area contributed by atoms with E-state index >= 15 is 0 Å². The van der Waals surface area contributed by atoms with Crippen molar-refractivity contribution in [1.82, 2.24) is 4.90 Å². The maximum absolute atomic E-state index is 9.67. The molecule has 1 saturated carbocycles. The number of halogens is 1. The molecule has 6 heteroatoms. The molecule has 5 nitrogen and oxygen atoms in total. The van der Waals surface area contributed by atoms with Crippen molar-refractivity contribution >= 4 is 11.6 Å². The molecule has 2 fully saturated rings. The number of ether oxygens (including phenoxy) is 1. The van der Waals surface area contributed by atoms with E-state index in [2.05, 4.69) is 11.0 Å². The van der Waals surface area contributed by atoms with Crippen LogP contribution in [0.5, 0.6) is 5.75 Å². The van der Waals surface area contributed by atoms with Crippen molar-refractivity contribution in [3.8, 4) is 11.8 Å². The summed E-state index contributed by atoms with van der Waals surface area (Å²) in [5, 5.41) is 28.8. The summed E-state index contributed by atoms with van der Waals surface area (Å²) >= 11 is 6.21. The fourth-order valence-corrected chi connectivity index (χ4v) is 4.08. The van der Waals surface area contributed by atoms with Crippen LogP contribution in [-0.4, -0.2) is 53.1 Å². The number of hydrogen-bond acceptors (Lipinski definition) is 5. The van der Waals surface area contributed by atoms with Crippen molar-refractivity contribution in [2.24, 2.45) is 5.92 Å². The fraction of sp³-hybridized carbons (Fsp3) is 0.632. The molecule has 0 amide bonds. The number of hydrogen-bond donors (Lipinski definition) is 2. The Kier molecular flexibility index (Phi) is 5.85. The highest BCUT2D eigenvalue weighted by Gasteiger charge is 2.33. The van der Waals surface area contributed by atoms with Crippen molar-refractivity contribution in [3.63, 3.8) is 0 Å². The molecule has 3 rings (SSSR count). The van der Waals surface area contributed by atoms with E-state index in [1.807, 2.05) is 13.0 Å². The van der Waals surface area contributed by atoms with E-state index in [1.165, 1.54) is 0 Å². The molecule has 2 unspecified atom stereocenters. The largest absolute Gasteiger partial charge is 0.490 e. The molecule has 2 N–H and O–H groups in total. The van der Waals surface area contributed by atoms with Gasteiger partial charge in [0.15, 0.2) is 0 Å². The molecule has 2 atom stereocenters.